The first kappa shape index (κ1) is 18.7. The van der Waals surface area contributed by atoms with E-state index in [1.54, 1.807) is 0 Å². The van der Waals surface area contributed by atoms with Gasteiger partial charge < -0.3 is 5.11 Å². The van der Waals surface area contributed by atoms with Crippen LogP contribution in [0, 0.1) is 13.8 Å². The van der Waals surface area contributed by atoms with Gasteiger partial charge in [-0.1, -0.05) is 51.9 Å². The summed E-state index contributed by atoms with van der Waals surface area (Å²) in [5, 5.41) is 9.52. The first-order valence-corrected chi connectivity index (χ1v) is 8.78. The summed E-state index contributed by atoms with van der Waals surface area (Å²) in [5.41, 5.74) is 2.19. The molecule has 1 aromatic rings. The van der Waals surface area contributed by atoms with Crippen molar-refractivity contribution in [1.82, 2.24) is 0 Å². The van der Waals surface area contributed by atoms with Crippen LogP contribution in [0.25, 0.3) is 0 Å². The Morgan fingerprint density at radius 1 is 1.09 bits per heavy atom. The molecule has 0 saturated heterocycles. The maximum atomic E-state index is 11.6. The number of aromatic nitrogens is 1. The number of hydrogen-bond donors (Lipinski definition) is 1. The van der Waals surface area contributed by atoms with Gasteiger partial charge in [0.25, 0.3) is 6.04 Å². The van der Waals surface area contributed by atoms with E-state index in [0.29, 0.717) is 0 Å². The fraction of sp³-hybridized carbons (Fsp3) is 0.684. The van der Waals surface area contributed by atoms with Crippen molar-refractivity contribution >= 4 is 5.97 Å². The van der Waals surface area contributed by atoms with Crippen LogP contribution >= 0.6 is 0 Å². The summed E-state index contributed by atoms with van der Waals surface area (Å²) in [7, 11) is 0. The first-order chi connectivity index (χ1) is 10.6. The predicted octanol–water partition coefficient (Wildman–Crippen LogP) is 4.75. The molecule has 0 saturated carbocycles. The topological polar surface area (TPSA) is 41.2 Å². The van der Waals surface area contributed by atoms with Crippen molar-refractivity contribution in [3.05, 3.63) is 29.6 Å². The fourth-order valence-electron chi connectivity index (χ4n) is 2.91. The second-order valence-corrected chi connectivity index (χ2v) is 6.30. The zero-order chi connectivity index (χ0) is 16.4. The van der Waals surface area contributed by atoms with Crippen LogP contribution in [0.4, 0.5) is 0 Å². The van der Waals surface area contributed by atoms with Crippen LogP contribution in [0.2, 0.25) is 0 Å². The van der Waals surface area contributed by atoms with E-state index in [1.165, 1.54) is 38.5 Å². The molecule has 0 aromatic carbocycles. The lowest BCUT2D eigenvalue weighted by Crippen LogP contribution is -2.46. The summed E-state index contributed by atoms with van der Waals surface area (Å²) in [5.74, 6) is -0.721. The Bertz CT molecular complexity index is 457. The average molecular weight is 306 g/mol. The summed E-state index contributed by atoms with van der Waals surface area (Å²) >= 11 is 0. The zero-order valence-corrected chi connectivity index (χ0v) is 14.5. The normalized spacial score (nSPS) is 12.3. The Labute approximate surface area is 135 Å². The molecule has 1 unspecified atom stereocenters. The smallest absolute Gasteiger partial charge is 0.373 e. The molecule has 0 aliphatic rings. The summed E-state index contributed by atoms with van der Waals surface area (Å²) in [6.07, 6.45) is 12.5. The lowest BCUT2D eigenvalue weighted by atomic mass is 10.0. The summed E-state index contributed by atoms with van der Waals surface area (Å²) in [6.45, 7) is 6.26. The molecule has 1 rings (SSSR count). The average Bonchev–Trinajstić information content (AvgIpc) is 2.49. The van der Waals surface area contributed by atoms with Crippen LogP contribution in [0.15, 0.2) is 18.3 Å². The Morgan fingerprint density at radius 3 is 2.27 bits per heavy atom. The molecule has 1 heterocycles. The molecule has 0 aliphatic carbocycles. The molecular weight excluding hydrogens is 274 g/mol. The van der Waals surface area contributed by atoms with Gasteiger partial charge in [-0.3, -0.25) is 0 Å². The maximum Gasteiger partial charge on any atom is 0.373 e. The number of aryl methyl sites for hydroxylation is 1. The maximum absolute atomic E-state index is 11.6. The van der Waals surface area contributed by atoms with E-state index in [0.717, 1.165) is 30.5 Å². The van der Waals surface area contributed by atoms with Crippen LogP contribution in [0.1, 0.15) is 82.0 Å². The zero-order valence-electron chi connectivity index (χ0n) is 14.5. The standard InChI is InChI=1S/C19H31NO2/c1-4-5-6-7-8-9-10-11-14-18(19(21)22)20-15-12-13-16(2)17(20)3/h12-13,15,18H,4-11,14H2,1-3H3/p+1. The lowest BCUT2D eigenvalue weighted by molar-refractivity contribution is -0.717. The minimum atomic E-state index is -0.721. The van der Waals surface area contributed by atoms with E-state index in [2.05, 4.69) is 6.92 Å². The summed E-state index contributed by atoms with van der Waals surface area (Å²) < 4.78 is 1.92. The van der Waals surface area contributed by atoms with E-state index >= 15 is 0 Å². The largest absolute Gasteiger partial charge is 0.476 e. The molecule has 1 aromatic heterocycles. The SMILES string of the molecule is CCCCCCCCCCC(C(=O)O)[n+]1cccc(C)c1C. The van der Waals surface area contributed by atoms with Crippen LogP contribution in [0.3, 0.4) is 0 Å². The molecule has 22 heavy (non-hydrogen) atoms. The third kappa shape index (κ3) is 6.17. The van der Waals surface area contributed by atoms with Crippen molar-refractivity contribution in [3.63, 3.8) is 0 Å². The van der Waals surface area contributed by atoms with Crippen molar-refractivity contribution in [1.29, 1.82) is 0 Å². The Hall–Kier alpha value is -1.38. The van der Waals surface area contributed by atoms with E-state index in [9.17, 15) is 9.90 Å². The van der Waals surface area contributed by atoms with Crippen molar-refractivity contribution in [2.75, 3.05) is 0 Å². The van der Waals surface area contributed by atoms with Gasteiger partial charge in [0.1, 0.15) is 0 Å². The number of carboxylic acids is 1. The fourth-order valence-corrected chi connectivity index (χ4v) is 2.91. The lowest BCUT2D eigenvalue weighted by Gasteiger charge is -2.11. The molecule has 0 aliphatic heterocycles. The summed E-state index contributed by atoms with van der Waals surface area (Å²) in [4.78, 5) is 11.6. The molecular formula is C19H32NO2+. The van der Waals surface area contributed by atoms with Crippen LogP contribution < -0.4 is 4.57 Å². The van der Waals surface area contributed by atoms with Gasteiger partial charge in [-0.05, 0) is 19.4 Å². The second kappa shape index (κ2) is 10.4. The molecule has 1 atom stereocenters. The van der Waals surface area contributed by atoms with E-state index in [4.69, 9.17) is 0 Å². The minimum absolute atomic E-state index is 0.431. The molecule has 0 radical (unpaired) electrons. The molecule has 1 N–H and O–H groups in total. The molecule has 124 valence electrons. The molecule has 3 heteroatoms. The van der Waals surface area contributed by atoms with Gasteiger partial charge in [-0.2, -0.15) is 4.57 Å². The van der Waals surface area contributed by atoms with Gasteiger partial charge >= 0.3 is 5.97 Å². The van der Waals surface area contributed by atoms with Crippen LogP contribution in [0.5, 0.6) is 0 Å². The quantitative estimate of drug-likeness (QED) is 0.473. The number of hydrogen-bond acceptors (Lipinski definition) is 1. The van der Waals surface area contributed by atoms with Crippen molar-refractivity contribution < 1.29 is 14.5 Å². The first-order valence-electron chi connectivity index (χ1n) is 8.78. The third-order valence-electron chi connectivity index (χ3n) is 4.50. The van der Waals surface area contributed by atoms with E-state index in [-0.39, 0.29) is 0 Å². The van der Waals surface area contributed by atoms with Crippen molar-refractivity contribution in [2.24, 2.45) is 0 Å². The number of carbonyl (C=O) groups is 1. The van der Waals surface area contributed by atoms with Gasteiger partial charge in [0.2, 0.25) is 0 Å². The number of aliphatic carboxylic acids is 1. The van der Waals surface area contributed by atoms with Crippen LogP contribution in [-0.2, 0) is 4.79 Å². The predicted molar refractivity (Wildman–Crippen MR) is 90.0 cm³/mol. The highest BCUT2D eigenvalue weighted by Crippen LogP contribution is 2.15. The van der Waals surface area contributed by atoms with Crippen molar-refractivity contribution in [3.8, 4) is 0 Å². The van der Waals surface area contributed by atoms with Gasteiger partial charge in [0.15, 0.2) is 11.9 Å². The number of unbranched alkanes of at least 4 members (excludes halogenated alkanes) is 7. The van der Waals surface area contributed by atoms with Crippen LogP contribution in [-0.4, -0.2) is 11.1 Å². The summed E-state index contributed by atoms with van der Waals surface area (Å²) in [6, 6.07) is 3.53. The number of rotatable bonds is 11. The molecule has 3 nitrogen and oxygen atoms in total. The highest BCUT2D eigenvalue weighted by atomic mass is 16.4. The Morgan fingerprint density at radius 2 is 1.68 bits per heavy atom. The number of pyridine rings is 1. The second-order valence-electron chi connectivity index (χ2n) is 6.30. The molecule has 0 spiro atoms. The number of carboxylic acid groups (broad SMARTS) is 1. The molecule has 0 fully saturated rings. The molecule has 0 amide bonds. The van der Waals surface area contributed by atoms with Gasteiger partial charge in [0, 0.05) is 25.0 Å². The molecule has 0 bridgehead atoms. The van der Waals surface area contributed by atoms with E-state index in [1.807, 2.05) is 36.7 Å². The van der Waals surface area contributed by atoms with Crippen molar-refractivity contribution in [2.45, 2.75) is 84.6 Å². The Balaban J connectivity index is 2.40. The Kier molecular flexibility index (Phi) is 8.79. The van der Waals surface area contributed by atoms with Gasteiger partial charge in [-0.15, -0.1) is 0 Å². The highest BCUT2D eigenvalue weighted by Gasteiger charge is 2.28. The van der Waals surface area contributed by atoms with Gasteiger partial charge in [0.05, 0.1) is 0 Å². The van der Waals surface area contributed by atoms with Gasteiger partial charge in [-0.25, -0.2) is 4.79 Å². The number of nitrogens with zero attached hydrogens (tertiary/aromatic N) is 1. The monoisotopic (exact) mass is 306 g/mol. The minimum Gasteiger partial charge on any atom is -0.476 e. The highest BCUT2D eigenvalue weighted by molar-refractivity contribution is 5.69. The van der Waals surface area contributed by atoms with E-state index < -0.39 is 12.0 Å². The third-order valence-corrected chi connectivity index (χ3v) is 4.50.